The number of carbonyl (C=O) groups is 1. The summed E-state index contributed by atoms with van der Waals surface area (Å²) in [6.45, 7) is 9.85. The maximum atomic E-state index is 12.9. The molecule has 0 bridgehead atoms. The topological polar surface area (TPSA) is 45.7 Å². The zero-order chi connectivity index (χ0) is 21.1. The number of hydrogen-bond donors (Lipinski definition) is 0. The molecule has 1 saturated heterocycles. The van der Waals surface area contributed by atoms with Gasteiger partial charge in [0.15, 0.2) is 0 Å². The van der Waals surface area contributed by atoms with E-state index in [1.165, 1.54) is 16.8 Å². The highest BCUT2D eigenvalue weighted by atomic mass is 32.1. The van der Waals surface area contributed by atoms with Crippen LogP contribution in [0.5, 0.6) is 5.75 Å². The van der Waals surface area contributed by atoms with Gasteiger partial charge < -0.3 is 14.5 Å². The first-order valence-electron chi connectivity index (χ1n) is 10.2. The third kappa shape index (κ3) is 4.65. The van der Waals surface area contributed by atoms with E-state index in [0.717, 1.165) is 42.6 Å². The lowest BCUT2D eigenvalue weighted by Crippen LogP contribution is -2.49. The quantitative estimate of drug-likeness (QED) is 0.604. The first-order chi connectivity index (χ1) is 14.5. The number of aryl methyl sites for hydroxylation is 3. The van der Waals surface area contributed by atoms with E-state index in [0.29, 0.717) is 12.2 Å². The van der Waals surface area contributed by atoms with Crippen molar-refractivity contribution in [1.82, 2.24) is 9.88 Å². The van der Waals surface area contributed by atoms with Gasteiger partial charge in [-0.15, -0.1) is 11.3 Å². The fraction of sp³-hybridized carbons (Fsp3) is 0.333. The smallest absolute Gasteiger partial charge is 0.253 e. The van der Waals surface area contributed by atoms with Crippen molar-refractivity contribution in [3.63, 3.8) is 0 Å². The Bertz CT molecular complexity index is 1020. The molecule has 6 heteroatoms. The number of nitrogens with zero attached hydrogens (tertiary/aromatic N) is 3. The summed E-state index contributed by atoms with van der Waals surface area (Å²) in [5, 5.41) is 2.97. The Morgan fingerprint density at radius 2 is 1.77 bits per heavy atom. The molecule has 1 aliphatic heterocycles. The lowest BCUT2D eigenvalue weighted by atomic mass is 10.1. The zero-order valence-electron chi connectivity index (χ0n) is 17.7. The van der Waals surface area contributed by atoms with Crippen molar-refractivity contribution in [1.29, 1.82) is 0 Å². The van der Waals surface area contributed by atoms with E-state index < -0.39 is 0 Å². The van der Waals surface area contributed by atoms with Crippen LogP contribution >= 0.6 is 11.3 Å². The normalized spacial score (nSPS) is 14.1. The van der Waals surface area contributed by atoms with E-state index in [1.54, 1.807) is 11.3 Å². The molecule has 3 aromatic rings. The van der Waals surface area contributed by atoms with Crippen LogP contribution in [0.4, 0.5) is 5.69 Å². The van der Waals surface area contributed by atoms with Gasteiger partial charge in [-0.3, -0.25) is 4.79 Å². The molecule has 0 aliphatic carbocycles. The first kappa shape index (κ1) is 20.4. The van der Waals surface area contributed by atoms with Gasteiger partial charge in [0.1, 0.15) is 17.4 Å². The SMILES string of the molecule is Cc1ccc(C)c(N2CCN(C(=O)c3ccc(OCc4nc(C)cs4)cc3)CC2)c1. The van der Waals surface area contributed by atoms with Crippen LogP contribution < -0.4 is 9.64 Å². The number of hydrogen-bond acceptors (Lipinski definition) is 5. The summed E-state index contributed by atoms with van der Waals surface area (Å²) in [5.74, 6) is 0.830. The number of anilines is 1. The molecule has 4 rings (SSSR count). The summed E-state index contributed by atoms with van der Waals surface area (Å²) in [5.41, 5.74) is 5.54. The molecule has 2 heterocycles. The largest absolute Gasteiger partial charge is 0.486 e. The minimum absolute atomic E-state index is 0.0812. The second-order valence-corrected chi connectivity index (χ2v) is 8.71. The molecule has 2 aromatic carbocycles. The molecule has 0 unspecified atom stereocenters. The highest BCUT2D eigenvalue weighted by Crippen LogP contribution is 2.24. The van der Waals surface area contributed by atoms with Crippen molar-refractivity contribution in [2.24, 2.45) is 0 Å². The molecule has 0 N–H and O–H groups in total. The van der Waals surface area contributed by atoms with E-state index in [4.69, 9.17) is 4.74 Å². The Balaban J connectivity index is 1.33. The van der Waals surface area contributed by atoms with E-state index in [9.17, 15) is 4.79 Å². The van der Waals surface area contributed by atoms with Crippen LogP contribution in [0.15, 0.2) is 47.8 Å². The molecule has 0 atom stereocenters. The Morgan fingerprint density at radius 1 is 1.03 bits per heavy atom. The number of aromatic nitrogens is 1. The monoisotopic (exact) mass is 421 g/mol. The van der Waals surface area contributed by atoms with Gasteiger partial charge >= 0.3 is 0 Å². The van der Waals surface area contributed by atoms with Crippen molar-refractivity contribution in [3.8, 4) is 5.75 Å². The predicted octanol–water partition coefficient (Wildman–Crippen LogP) is 4.61. The Labute approximate surface area is 181 Å². The van der Waals surface area contributed by atoms with E-state index in [2.05, 4.69) is 41.9 Å². The standard InChI is InChI=1S/C24H27N3O2S/c1-17-4-5-18(2)22(14-17)26-10-12-27(13-11-26)24(28)20-6-8-21(9-7-20)29-15-23-25-19(3)16-30-23/h4-9,14,16H,10-13,15H2,1-3H3. The molecule has 30 heavy (non-hydrogen) atoms. The average Bonchev–Trinajstić information content (AvgIpc) is 3.19. The van der Waals surface area contributed by atoms with Crippen LogP contribution in [-0.4, -0.2) is 42.0 Å². The molecule has 1 aliphatic rings. The molecule has 1 fully saturated rings. The van der Waals surface area contributed by atoms with Crippen molar-refractivity contribution in [2.75, 3.05) is 31.1 Å². The van der Waals surface area contributed by atoms with Gasteiger partial charge in [0, 0.05) is 48.5 Å². The molecule has 0 radical (unpaired) electrons. The summed E-state index contributed by atoms with van der Waals surface area (Å²) in [4.78, 5) is 21.6. The van der Waals surface area contributed by atoms with Crippen LogP contribution in [-0.2, 0) is 6.61 Å². The molecular weight excluding hydrogens is 394 g/mol. The first-order valence-corrected chi connectivity index (χ1v) is 11.1. The van der Waals surface area contributed by atoms with E-state index in [-0.39, 0.29) is 5.91 Å². The minimum Gasteiger partial charge on any atom is -0.486 e. The third-order valence-corrected chi connectivity index (χ3v) is 6.34. The number of ether oxygens (including phenoxy) is 1. The van der Waals surface area contributed by atoms with Gasteiger partial charge in [-0.25, -0.2) is 4.98 Å². The van der Waals surface area contributed by atoms with Crippen molar-refractivity contribution in [2.45, 2.75) is 27.4 Å². The van der Waals surface area contributed by atoms with Crippen LogP contribution in [0.2, 0.25) is 0 Å². The second kappa shape index (κ2) is 8.88. The predicted molar refractivity (Wildman–Crippen MR) is 122 cm³/mol. The van der Waals surface area contributed by atoms with Crippen LogP contribution in [0.1, 0.15) is 32.2 Å². The molecule has 1 amide bonds. The Morgan fingerprint density at radius 3 is 2.43 bits per heavy atom. The van der Waals surface area contributed by atoms with Crippen LogP contribution in [0.25, 0.3) is 0 Å². The third-order valence-electron chi connectivity index (χ3n) is 5.40. The summed E-state index contributed by atoms with van der Waals surface area (Å²) in [6.07, 6.45) is 0. The zero-order valence-corrected chi connectivity index (χ0v) is 18.5. The Hall–Kier alpha value is -2.86. The van der Waals surface area contributed by atoms with Gasteiger partial charge in [0.25, 0.3) is 5.91 Å². The highest BCUT2D eigenvalue weighted by molar-refractivity contribution is 7.09. The molecule has 156 valence electrons. The van der Waals surface area contributed by atoms with Gasteiger partial charge in [-0.2, -0.15) is 0 Å². The van der Waals surface area contributed by atoms with Crippen molar-refractivity contribution in [3.05, 3.63) is 75.2 Å². The number of benzene rings is 2. The number of rotatable bonds is 5. The molecular formula is C24H27N3O2S. The number of piperazine rings is 1. The number of thiazole rings is 1. The van der Waals surface area contributed by atoms with Crippen LogP contribution in [0, 0.1) is 20.8 Å². The fourth-order valence-corrected chi connectivity index (χ4v) is 4.38. The molecule has 5 nitrogen and oxygen atoms in total. The van der Waals surface area contributed by atoms with Crippen molar-refractivity contribution < 1.29 is 9.53 Å². The molecule has 1 aromatic heterocycles. The maximum Gasteiger partial charge on any atom is 0.253 e. The Kier molecular flexibility index (Phi) is 6.04. The second-order valence-electron chi connectivity index (χ2n) is 7.76. The lowest BCUT2D eigenvalue weighted by Gasteiger charge is -2.37. The van der Waals surface area contributed by atoms with Gasteiger partial charge in [0.2, 0.25) is 0 Å². The van der Waals surface area contributed by atoms with Gasteiger partial charge in [-0.05, 0) is 62.2 Å². The summed E-state index contributed by atoms with van der Waals surface area (Å²) < 4.78 is 5.79. The van der Waals surface area contributed by atoms with Gasteiger partial charge in [-0.1, -0.05) is 12.1 Å². The molecule has 0 spiro atoms. The maximum absolute atomic E-state index is 12.9. The van der Waals surface area contributed by atoms with Crippen LogP contribution in [0.3, 0.4) is 0 Å². The number of amides is 1. The lowest BCUT2D eigenvalue weighted by molar-refractivity contribution is 0.0746. The average molecular weight is 422 g/mol. The summed E-state index contributed by atoms with van der Waals surface area (Å²) in [7, 11) is 0. The summed E-state index contributed by atoms with van der Waals surface area (Å²) in [6, 6.07) is 14.0. The minimum atomic E-state index is 0.0812. The van der Waals surface area contributed by atoms with E-state index in [1.807, 2.05) is 41.5 Å². The van der Waals surface area contributed by atoms with Crippen molar-refractivity contribution >= 4 is 22.9 Å². The van der Waals surface area contributed by atoms with E-state index >= 15 is 0 Å². The van der Waals surface area contributed by atoms with Gasteiger partial charge in [0.05, 0.1) is 0 Å². The molecule has 0 saturated carbocycles. The highest BCUT2D eigenvalue weighted by Gasteiger charge is 2.23. The number of carbonyl (C=O) groups excluding carboxylic acids is 1. The fourth-order valence-electron chi connectivity index (χ4n) is 3.70. The summed E-state index contributed by atoms with van der Waals surface area (Å²) >= 11 is 1.59.